The third-order valence-corrected chi connectivity index (χ3v) is 4.78. The summed E-state index contributed by atoms with van der Waals surface area (Å²) in [5.74, 6) is -1.76. The van der Waals surface area contributed by atoms with Crippen molar-refractivity contribution in [1.82, 2.24) is 10.6 Å². The number of carbonyl (C=O) groups is 6. The van der Waals surface area contributed by atoms with Crippen LogP contribution in [0.15, 0.2) is 0 Å². The molecule has 0 aliphatic rings. The number of nitrogens with one attached hydrogen (secondary N) is 2. The summed E-state index contributed by atoms with van der Waals surface area (Å²) in [4.78, 5) is 69.1. The fourth-order valence-corrected chi connectivity index (χ4v) is 2.49. The Kier molecular flexibility index (Phi) is 22.8. The van der Waals surface area contributed by atoms with Crippen LogP contribution < -0.4 is 10.6 Å². The van der Waals surface area contributed by atoms with Gasteiger partial charge < -0.3 is 34.3 Å². The van der Waals surface area contributed by atoms with E-state index in [9.17, 15) is 28.8 Å². The lowest BCUT2D eigenvalue weighted by molar-refractivity contribution is -0.148. The fourth-order valence-electron chi connectivity index (χ4n) is 2.49. The second-order valence-corrected chi connectivity index (χ2v) is 8.01. The predicted octanol–water partition coefficient (Wildman–Crippen LogP) is -0.0839. The van der Waals surface area contributed by atoms with Gasteiger partial charge in [0.15, 0.2) is 17.3 Å². The smallest absolute Gasteiger partial charge is 0.306 e. The molecule has 2 amide bonds. The zero-order valence-corrected chi connectivity index (χ0v) is 22.5. The Morgan fingerprint density at radius 2 is 0.947 bits per heavy atom. The second kappa shape index (κ2) is 24.6. The first-order valence-electron chi connectivity index (χ1n) is 12.8. The van der Waals surface area contributed by atoms with Gasteiger partial charge in [-0.25, -0.2) is 0 Å². The van der Waals surface area contributed by atoms with Crippen LogP contribution in [0.5, 0.6) is 0 Å². The standard InChI is InChI=1S/C25H42N2O11/c1-3-20(28)17-36-15-13-34-11-9-26-23(31)6-5-22(30)19-38-25(33)8-7-24(32)27-10-12-35-14-16-37-18-21(29)4-2/h3-19H2,1-2H3,(H,26,31)(H,27,32). The van der Waals surface area contributed by atoms with E-state index in [4.69, 9.17) is 23.7 Å². The highest BCUT2D eigenvalue weighted by molar-refractivity contribution is 5.87. The molecule has 0 bridgehead atoms. The average Bonchev–Trinajstić information content (AvgIpc) is 2.91. The Morgan fingerprint density at radius 1 is 0.500 bits per heavy atom. The van der Waals surface area contributed by atoms with Crippen molar-refractivity contribution in [2.45, 2.75) is 52.4 Å². The molecule has 38 heavy (non-hydrogen) atoms. The summed E-state index contributed by atoms with van der Waals surface area (Å²) >= 11 is 0. The van der Waals surface area contributed by atoms with Gasteiger partial charge in [-0.1, -0.05) is 13.8 Å². The van der Waals surface area contributed by atoms with E-state index >= 15 is 0 Å². The molecule has 13 nitrogen and oxygen atoms in total. The fraction of sp³-hybridized carbons (Fsp3) is 0.760. The molecule has 0 saturated heterocycles. The summed E-state index contributed by atoms with van der Waals surface area (Å²) < 4.78 is 25.6. The van der Waals surface area contributed by atoms with Crippen LogP contribution in [-0.4, -0.2) is 108 Å². The molecule has 0 unspecified atom stereocenters. The van der Waals surface area contributed by atoms with Crippen LogP contribution in [-0.2, 0) is 52.5 Å². The first-order valence-corrected chi connectivity index (χ1v) is 12.8. The summed E-state index contributed by atoms with van der Waals surface area (Å²) in [6.07, 6.45) is 0.446. The highest BCUT2D eigenvalue weighted by atomic mass is 16.5. The Hall–Kier alpha value is -2.74. The molecule has 0 rings (SSSR count). The van der Waals surface area contributed by atoms with Gasteiger partial charge in [0.1, 0.15) is 19.8 Å². The summed E-state index contributed by atoms with van der Waals surface area (Å²) in [7, 11) is 0. The van der Waals surface area contributed by atoms with Crippen molar-refractivity contribution in [2.24, 2.45) is 0 Å². The zero-order chi connectivity index (χ0) is 28.4. The normalized spacial score (nSPS) is 10.6. The molecule has 0 fully saturated rings. The summed E-state index contributed by atoms with van der Waals surface area (Å²) in [5, 5.41) is 5.19. The van der Waals surface area contributed by atoms with E-state index in [2.05, 4.69) is 10.6 Å². The number of ether oxygens (including phenoxy) is 5. The Balaban J connectivity index is 3.61. The molecule has 0 aromatic heterocycles. The van der Waals surface area contributed by atoms with Gasteiger partial charge in [0, 0.05) is 45.2 Å². The quantitative estimate of drug-likeness (QED) is 0.110. The molecule has 0 saturated carbocycles. The van der Waals surface area contributed by atoms with Crippen molar-refractivity contribution in [3.8, 4) is 0 Å². The van der Waals surface area contributed by atoms with E-state index < -0.39 is 18.4 Å². The lowest BCUT2D eigenvalue weighted by atomic mass is 10.2. The third kappa shape index (κ3) is 23.6. The molecule has 218 valence electrons. The second-order valence-electron chi connectivity index (χ2n) is 8.01. The lowest BCUT2D eigenvalue weighted by Gasteiger charge is -2.08. The Morgan fingerprint density at radius 3 is 1.42 bits per heavy atom. The maximum atomic E-state index is 11.8. The maximum Gasteiger partial charge on any atom is 0.306 e. The van der Waals surface area contributed by atoms with Gasteiger partial charge in [-0.05, 0) is 0 Å². The van der Waals surface area contributed by atoms with Crippen LogP contribution in [0.2, 0.25) is 0 Å². The monoisotopic (exact) mass is 546 g/mol. The number of Topliss-reactive ketones (excluding diaryl/α,β-unsaturated/α-hetero) is 3. The van der Waals surface area contributed by atoms with Gasteiger partial charge in [-0.3, -0.25) is 28.8 Å². The van der Waals surface area contributed by atoms with E-state index in [0.717, 1.165) is 0 Å². The molecule has 0 heterocycles. The zero-order valence-electron chi connectivity index (χ0n) is 22.5. The van der Waals surface area contributed by atoms with Gasteiger partial charge in [0.05, 0.1) is 46.1 Å². The molecular weight excluding hydrogens is 504 g/mol. The number of esters is 1. The number of amides is 2. The molecule has 0 spiro atoms. The van der Waals surface area contributed by atoms with Crippen LogP contribution in [0, 0.1) is 0 Å². The number of carbonyl (C=O) groups excluding carboxylic acids is 6. The van der Waals surface area contributed by atoms with E-state index in [0.29, 0.717) is 26.1 Å². The maximum absolute atomic E-state index is 11.8. The van der Waals surface area contributed by atoms with Crippen LogP contribution in [0.1, 0.15) is 52.4 Å². The predicted molar refractivity (Wildman–Crippen MR) is 134 cm³/mol. The van der Waals surface area contributed by atoms with Crippen molar-refractivity contribution in [3.63, 3.8) is 0 Å². The van der Waals surface area contributed by atoms with Crippen molar-refractivity contribution in [3.05, 3.63) is 0 Å². The lowest BCUT2D eigenvalue weighted by Crippen LogP contribution is -2.29. The minimum absolute atomic E-state index is 0.0165. The molecule has 0 aliphatic carbocycles. The number of hydrogen-bond donors (Lipinski definition) is 2. The van der Waals surface area contributed by atoms with Gasteiger partial charge in [-0.2, -0.15) is 0 Å². The Bertz CT molecular complexity index is 668. The minimum atomic E-state index is -0.687. The van der Waals surface area contributed by atoms with Gasteiger partial charge >= 0.3 is 5.97 Å². The van der Waals surface area contributed by atoms with Gasteiger partial charge in [0.25, 0.3) is 0 Å². The highest BCUT2D eigenvalue weighted by Crippen LogP contribution is 1.97. The average molecular weight is 547 g/mol. The molecule has 13 heteroatoms. The topological polar surface area (TPSA) is 173 Å². The van der Waals surface area contributed by atoms with Crippen LogP contribution >= 0.6 is 0 Å². The van der Waals surface area contributed by atoms with E-state index in [1.165, 1.54) is 0 Å². The SMILES string of the molecule is CCC(=O)COCCOCCNC(=O)CCC(=O)COC(=O)CCC(=O)NCCOCCOCC(=O)CC. The summed E-state index contributed by atoms with van der Waals surface area (Å²) in [6.45, 7) is 5.38. The number of ketones is 3. The van der Waals surface area contributed by atoms with Crippen molar-refractivity contribution < 1.29 is 52.5 Å². The van der Waals surface area contributed by atoms with Crippen molar-refractivity contribution in [2.75, 3.05) is 72.6 Å². The molecule has 0 atom stereocenters. The molecule has 2 N–H and O–H groups in total. The molecule has 0 aliphatic heterocycles. The van der Waals surface area contributed by atoms with E-state index in [1.807, 2.05) is 0 Å². The minimum Gasteiger partial charge on any atom is -0.458 e. The number of rotatable bonds is 26. The van der Waals surface area contributed by atoms with E-state index in [-0.39, 0.29) is 102 Å². The first kappa shape index (κ1) is 35.3. The molecule has 0 aromatic carbocycles. The van der Waals surface area contributed by atoms with Crippen LogP contribution in [0.3, 0.4) is 0 Å². The molecular formula is C25H42N2O11. The Labute approximate surface area is 223 Å². The van der Waals surface area contributed by atoms with Crippen molar-refractivity contribution in [1.29, 1.82) is 0 Å². The van der Waals surface area contributed by atoms with Gasteiger partial charge in [0.2, 0.25) is 11.8 Å². The number of hydrogen-bond acceptors (Lipinski definition) is 11. The molecule has 0 radical (unpaired) electrons. The largest absolute Gasteiger partial charge is 0.458 e. The molecule has 0 aromatic rings. The van der Waals surface area contributed by atoms with Crippen molar-refractivity contribution >= 4 is 35.1 Å². The van der Waals surface area contributed by atoms with Crippen LogP contribution in [0.4, 0.5) is 0 Å². The summed E-state index contributed by atoms with van der Waals surface area (Å²) in [6, 6.07) is 0. The van der Waals surface area contributed by atoms with E-state index in [1.54, 1.807) is 13.8 Å². The first-order chi connectivity index (χ1) is 18.3. The third-order valence-electron chi connectivity index (χ3n) is 4.78. The highest BCUT2D eigenvalue weighted by Gasteiger charge is 2.12. The van der Waals surface area contributed by atoms with Crippen LogP contribution in [0.25, 0.3) is 0 Å². The van der Waals surface area contributed by atoms with Gasteiger partial charge in [-0.15, -0.1) is 0 Å². The summed E-state index contributed by atoms with van der Waals surface area (Å²) in [5.41, 5.74) is 0.